The van der Waals surface area contributed by atoms with Gasteiger partial charge in [0.1, 0.15) is 0 Å². The van der Waals surface area contributed by atoms with Crippen LogP contribution in [0.15, 0.2) is 0 Å². The monoisotopic (exact) mass is 280 g/mol. The van der Waals surface area contributed by atoms with E-state index in [9.17, 15) is 0 Å². The van der Waals surface area contributed by atoms with Gasteiger partial charge >= 0.3 is 0 Å². The standard InChI is InChI=1S/C16H28N2S/c1-3-4-5-17-15(19)18(2)16-9-12-6-13(10-16)8-14(7-12)11-16/h12-14H,3-11H2,1-2H3,(H,17,19). The minimum Gasteiger partial charge on any atom is -0.363 e. The molecular weight excluding hydrogens is 252 g/mol. The lowest BCUT2D eigenvalue weighted by molar-refractivity contribution is -0.0548. The molecule has 4 bridgehead atoms. The van der Waals surface area contributed by atoms with Gasteiger partial charge in [-0.2, -0.15) is 0 Å². The van der Waals surface area contributed by atoms with Crippen LogP contribution in [0.2, 0.25) is 0 Å². The fourth-order valence-electron chi connectivity index (χ4n) is 5.18. The van der Waals surface area contributed by atoms with Gasteiger partial charge in [0.15, 0.2) is 5.11 Å². The number of thiocarbonyl (C=S) groups is 1. The van der Waals surface area contributed by atoms with E-state index in [0.29, 0.717) is 5.54 Å². The van der Waals surface area contributed by atoms with Crippen molar-refractivity contribution >= 4 is 17.3 Å². The van der Waals surface area contributed by atoms with Gasteiger partial charge in [-0.1, -0.05) is 13.3 Å². The van der Waals surface area contributed by atoms with Gasteiger partial charge in [0.25, 0.3) is 0 Å². The van der Waals surface area contributed by atoms with Crippen molar-refractivity contribution < 1.29 is 0 Å². The maximum atomic E-state index is 5.64. The lowest BCUT2D eigenvalue weighted by atomic mass is 9.52. The number of nitrogens with one attached hydrogen (secondary N) is 1. The summed E-state index contributed by atoms with van der Waals surface area (Å²) < 4.78 is 0. The highest BCUT2D eigenvalue weighted by atomic mass is 32.1. The Labute approximate surface area is 123 Å². The van der Waals surface area contributed by atoms with Crippen LogP contribution in [-0.4, -0.2) is 29.1 Å². The smallest absolute Gasteiger partial charge is 0.169 e. The van der Waals surface area contributed by atoms with Gasteiger partial charge in [-0.25, -0.2) is 0 Å². The fraction of sp³-hybridized carbons (Fsp3) is 0.938. The van der Waals surface area contributed by atoms with Gasteiger partial charge in [-0.3, -0.25) is 0 Å². The summed E-state index contributed by atoms with van der Waals surface area (Å²) in [5.74, 6) is 2.98. The second kappa shape index (κ2) is 5.23. The Hall–Kier alpha value is -0.310. The van der Waals surface area contributed by atoms with Crippen molar-refractivity contribution in [1.82, 2.24) is 10.2 Å². The molecule has 0 saturated heterocycles. The third-order valence-electron chi connectivity index (χ3n) is 5.83. The first-order valence-corrected chi connectivity index (χ1v) is 8.55. The molecule has 19 heavy (non-hydrogen) atoms. The summed E-state index contributed by atoms with van der Waals surface area (Å²) in [7, 11) is 2.24. The average molecular weight is 280 g/mol. The van der Waals surface area contributed by atoms with Crippen LogP contribution in [-0.2, 0) is 0 Å². The van der Waals surface area contributed by atoms with Crippen LogP contribution in [0, 0.1) is 17.8 Å². The summed E-state index contributed by atoms with van der Waals surface area (Å²) in [6.07, 6.45) is 11.1. The van der Waals surface area contributed by atoms with Crippen LogP contribution < -0.4 is 5.32 Å². The molecule has 0 aromatic rings. The summed E-state index contributed by atoms with van der Waals surface area (Å²) in [4.78, 5) is 2.45. The molecule has 0 atom stereocenters. The largest absolute Gasteiger partial charge is 0.363 e. The molecule has 2 nitrogen and oxygen atoms in total. The predicted octanol–water partition coefficient (Wildman–Crippen LogP) is 3.56. The van der Waals surface area contributed by atoms with E-state index < -0.39 is 0 Å². The van der Waals surface area contributed by atoms with Crippen LogP contribution in [0.25, 0.3) is 0 Å². The Balaban J connectivity index is 1.65. The van der Waals surface area contributed by atoms with E-state index in [1.165, 1.54) is 51.4 Å². The van der Waals surface area contributed by atoms with E-state index >= 15 is 0 Å². The van der Waals surface area contributed by atoms with Crippen molar-refractivity contribution in [2.45, 2.75) is 63.8 Å². The van der Waals surface area contributed by atoms with Crippen LogP contribution in [0.4, 0.5) is 0 Å². The molecule has 4 saturated carbocycles. The summed E-state index contributed by atoms with van der Waals surface area (Å²) >= 11 is 5.64. The van der Waals surface area contributed by atoms with Gasteiger partial charge in [-0.05, 0) is 74.9 Å². The maximum absolute atomic E-state index is 5.64. The Morgan fingerprint density at radius 1 is 1.16 bits per heavy atom. The summed E-state index contributed by atoms with van der Waals surface area (Å²) in [6.45, 7) is 3.26. The van der Waals surface area contributed by atoms with Crippen molar-refractivity contribution in [2.24, 2.45) is 17.8 Å². The number of nitrogens with zero attached hydrogens (tertiary/aromatic N) is 1. The highest BCUT2D eigenvalue weighted by molar-refractivity contribution is 7.80. The van der Waals surface area contributed by atoms with E-state index in [-0.39, 0.29) is 0 Å². The van der Waals surface area contributed by atoms with E-state index in [1.54, 1.807) is 0 Å². The molecule has 3 heteroatoms. The molecule has 1 N–H and O–H groups in total. The van der Waals surface area contributed by atoms with E-state index in [0.717, 1.165) is 29.4 Å². The van der Waals surface area contributed by atoms with Gasteiger partial charge in [-0.15, -0.1) is 0 Å². The SMILES string of the molecule is CCCCNC(=S)N(C)C12CC3CC(CC(C3)C1)C2. The molecule has 0 radical (unpaired) electrons. The fourth-order valence-corrected chi connectivity index (χ4v) is 5.48. The third kappa shape index (κ3) is 2.51. The van der Waals surface area contributed by atoms with Gasteiger partial charge in [0.2, 0.25) is 0 Å². The Bertz CT molecular complexity index is 317. The zero-order valence-corrected chi connectivity index (χ0v) is 13.3. The first-order chi connectivity index (χ1) is 9.13. The first kappa shape index (κ1) is 13.7. The maximum Gasteiger partial charge on any atom is 0.169 e. The predicted molar refractivity (Wildman–Crippen MR) is 84.2 cm³/mol. The number of unbranched alkanes of at least 4 members (excludes halogenated alkanes) is 1. The van der Waals surface area contributed by atoms with Gasteiger partial charge < -0.3 is 10.2 Å². The quantitative estimate of drug-likeness (QED) is 0.626. The zero-order chi connectivity index (χ0) is 13.5. The minimum atomic E-state index is 0.408. The second-order valence-corrected chi connectivity index (χ2v) is 7.67. The average Bonchev–Trinajstić information content (AvgIpc) is 2.36. The van der Waals surface area contributed by atoms with Crippen molar-refractivity contribution in [3.8, 4) is 0 Å². The van der Waals surface area contributed by atoms with Gasteiger partial charge in [0, 0.05) is 19.1 Å². The molecule has 4 rings (SSSR count). The molecule has 0 aromatic carbocycles. The van der Waals surface area contributed by atoms with Crippen LogP contribution >= 0.6 is 12.2 Å². The lowest BCUT2D eigenvalue weighted by Crippen LogP contribution is -2.61. The molecule has 0 amide bonds. The normalized spacial score (nSPS) is 39.4. The molecule has 0 unspecified atom stereocenters. The summed E-state index contributed by atoms with van der Waals surface area (Å²) in [5, 5.41) is 4.46. The third-order valence-corrected chi connectivity index (χ3v) is 6.25. The molecule has 4 fully saturated rings. The molecule has 108 valence electrons. The van der Waals surface area contributed by atoms with Crippen molar-refractivity contribution in [1.29, 1.82) is 0 Å². The minimum absolute atomic E-state index is 0.408. The van der Waals surface area contributed by atoms with Crippen molar-refractivity contribution in [3.05, 3.63) is 0 Å². The Morgan fingerprint density at radius 3 is 2.16 bits per heavy atom. The zero-order valence-electron chi connectivity index (χ0n) is 12.5. The highest BCUT2D eigenvalue weighted by Crippen LogP contribution is 2.57. The van der Waals surface area contributed by atoms with Crippen LogP contribution in [0.5, 0.6) is 0 Å². The highest BCUT2D eigenvalue weighted by Gasteiger charge is 2.53. The molecule has 4 aliphatic carbocycles. The lowest BCUT2D eigenvalue weighted by Gasteiger charge is -2.60. The van der Waals surface area contributed by atoms with E-state index in [2.05, 4.69) is 24.2 Å². The van der Waals surface area contributed by atoms with Crippen molar-refractivity contribution in [2.75, 3.05) is 13.6 Å². The molecule has 0 spiro atoms. The van der Waals surface area contributed by atoms with Crippen LogP contribution in [0.3, 0.4) is 0 Å². The second-order valence-electron chi connectivity index (χ2n) is 7.29. The molecule has 0 aromatic heterocycles. The van der Waals surface area contributed by atoms with Crippen molar-refractivity contribution in [3.63, 3.8) is 0 Å². The van der Waals surface area contributed by atoms with Gasteiger partial charge in [0.05, 0.1) is 0 Å². The topological polar surface area (TPSA) is 15.3 Å². The molecule has 0 heterocycles. The number of hydrogen-bond acceptors (Lipinski definition) is 1. The Kier molecular flexibility index (Phi) is 3.76. The first-order valence-electron chi connectivity index (χ1n) is 8.14. The van der Waals surface area contributed by atoms with Crippen LogP contribution in [0.1, 0.15) is 58.3 Å². The Morgan fingerprint density at radius 2 is 1.68 bits per heavy atom. The van der Waals surface area contributed by atoms with E-state index in [4.69, 9.17) is 12.2 Å². The molecule has 0 aliphatic heterocycles. The van der Waals surface area contributed by atoms with E-state index in [1.807, 2.05) is 0 Å². The number of hydrogen-bond donors (Lipinski definition) is 1. The summed E-state index contributed by atoms with van der Waals surface area (Å²) in [5.41, 5.74) is 0.408. The summed E-state index contributed by atoms with van der Waals surface area (Å²) in [6, 6.07) is 0. The molecule has 4 aliphatic rings. The molecular formula is C16H28N2S. The number of rotatable bonds is 4.